The van der Waals surface area contributed by atoms with Crippen molar-refractivity contribution in [1.29, 1.82) is 0 Å². The van der Waals surface area contributed by atoms with Gasteiger partial charge in [-0.1, -0.05) is 33.6 Å². The summed E-state index contributed by atoms with van der Waals surface area (Å²) >= 11 is 0. The summed E-state index contributed by atoms with van der Waals surface area (Å²) in [5, 5.41) is 13.1. The van der Waals surface area contributed by atoms with E-state index in [0.717, 1.165) is 19.4 Å². The molecule has 0 aliphatic carbocycles. The van der Waals surface area contributed by atoms with Crippen LogP contribution in [0.1, 0.15) is 79.6 Å². The number of nitrogens with zero attached hydrogens (tertiary/aromatic N) is 1. The molecule has 0 radical (unpaired) electrons. The third-order valence-corrected chi connectivity index (χ3v) is 4.59. The lowest BCUT2D eigenvalue weighted by atomic mass is 9.95. The molecule has 0 aromatic rings. The van der Waals surface area contributed by atoms with Gasteiger partial charge in [0.25, 0.3) is 0 Å². The van der Waals surface area contributed by atoms with E-state index in [1.54, 1.807) is 0 Å². The van der Waals surface area contributed by atoms with Gasteiger partial charge in [0.05, 0.1) is 6.61 Å². The highest BCUT2D eigenvalue weighted by Gasteiger charge is 2.21. The third kappa shape index (κ3) is 9.49. The van der Waals surface area contributed by atoms with Gasteiger partial charge in [-0.05, 0) is 65.6 Å². The van der Waals surface area contributed by atoms with Gasteiger partial charge in [0.1, 0.15) is 0 Å². The Labute approximate surface area is 133 Å². The zero-order chi connectivity index (χ0) is 16.1. The normalized spacial score (nSPS) is 16.1. The minimum absolute atomic E-state index is 0.0966. The smallest absolute Gasteiger partial charge is 0.0610 e. The molecule has 0 saturated carbocycles. The van der Waals surface area contributed by atoms with E-state index < -0.39 is 0 Å². The molecule has 2 N–H and O–H groups in total. The van der Waals surface area contributed by atoms with Crippen LogP contribution < -0.4 is 5.32 Å². The highest BCUT2D eigenvalue weighted by Crippen LogP contribution is 2.15. The zero-order valence-electron chi connectivity index (χ0n) is 15.2. The Morgan fingerprint density at radius 3 is 2.24 bits per heavy atom. The number of aliphatic hydroxyl groups is 1. The summed E-state index contributed by atoms with van der Waals surface area (Å²) in [5.74, 6) is 0. The number of unbranched alkanes of at least 4 members (excludes halogenated alkanes) is 2. The van der Waals surface area contributed by atoms with Crippen LogP contribution in [0.3, 0.4) is 0 Å². The molecule has 3 heteroatoms. The van der Waals surface area contributed by atoms with Crippen molar-refractivity contribution < 1.29 is 5.11 Å². The van der Waals surface area contributed by atoms with Crippen LogP contribution in [0.4, 0.5) is 0 Å². The van der Waals surface area contributed by atoms with Crippen LogP contribution in [0.15, 0.2) is 0 Å². The predicted molar refractivity (Wildman–Crippen MR) is 93.9 cm³/mol. The molecule has 0 amide bonds. The molecule has 0 bridgehead atoms. The molecule has 0 heterocycles. The van der Waals surface area contributed by atoms with E-state index in [-0.39, 0.29) is 12.1 Å². The molecule has 2 atom stereocenters. The van der Waals surface area contributed by atoms with Crippen LogP contribution in [-0.4, -0.2) is 47.8 Å². The van der Waals surface area contributed by atoms with Gasteiger partial charge in [0.15, 0.2) is 0 Å². The second kappa shape index (κ2) is 12.4. The van der Waals surface area contributed by atoms with Crippen molar-refractivity contribution in [3.05, 3.63) is 0 Å². The van der Waals surface area contributed by atoms with E-state index in [2.05, 4.69) is 44.8 Å². The lowest BCUT2D eigenvalue weighted by Gasteiger charge is -2.31. The molecule has 0 fully saturated rings. The quantitative estimate of drug-likeness (QED) is 0.479. The number of hydrogen-bond acceptors (Lipinski definition) is 3. The molecule has 2 unspecified atom stereocenters. The maximum Gasteiger partial charge on any atom is 0.0610 e. The van der Waals surface area contributed by atoms with Gasteiger partial charge in [-0.15, -0.1) is 0 Å². The van der Waals surface area contributed by atoms with Gasteiger partial charge in [-0.2, -0.15) is 0 Å². The molecule has 0 aliphatic heterocycles. The average Bonchev–Trinajstić information content (AvgIpc) is 2.51. The van der Waals surface area contributed by atoms with Crippen molar-refractivity contribution in [2.45, 2.75) is 91.1 Å². The summed E-state index contributed by atoms with van der Waals surface area (Å²) < 4.78 is 0. The molecule has 0 aromatic heterocycles. The fraction of sp³-hybridized carbons (Fsp3) is 1.00. The Balaban J connectivity index is 4.06. The van der Waals surface area contributed by atoms with Crippen molar-refractivity contribution in [2.24, 2.45) is 0 Å². The fourth-order valence-corrected chi connectivity index (χ4v) is 2.65. The maximum atomic E-state index is 9.59. The van der Waals surface area contributed by atoms with Gasteiger partial charge in [-0.25, -0.2) is 0 Å². The lowest BCUT2D eigenvalue weighted by Crippen LogP contribution is -2.46. The molecule has 128 valence electrons. The molecule has 0 aliphatic rings. The monoisotopic (exact) mass is 300 g/mol. The highest BCUT2D eigenvalue weighted by atomic mass is 16.3. The van der Waals surface area contributed by atoms with Crippen LogP contribution in [0.25, 0.3) is 0 Å². The molecule has 0 spiro atoms. The van der Waals surface area contributed by atoms with Gasteiger partial charge in [0, 0.05) is 11.6 Å². The SMILES string of the molecule is CCCCN(CCCCC(C)(CO)NCCC)C(C)CC. The predicted octanol–water partition coefficient (Wildman–Crippen LogP) is 3.81. The van der Waals surface area contributed by atoms with Crippen LogP contribution in [0, 0.1) is 0 Å². The summed E-state index contributed by atoms with van der Waals surface area (Å²) in [6.45, 7) is 14.9. The number of aliphatic hydroxyl groups excluding tert-OH is 1. The summed E-state index contributed by atoms with van der Waals surface area (Å²) in [6.07, 6.45) is 8.41. The zero-order valence-corrected chi connectivity index (χ0v) is 15.2. The topological polar surface area (TPSA) is 35.5 Å². The molecule has 3 nitrogen and oxygen atoms in total. The van der Waals surface area contributed by atoms with E-state index in [1.807, 2.05) is 0 Å². The molecular weight excluding hydrogens is 260 g/mol. The number of rotatable bonds is 14. The first kappa shape index (κ1) is 20.9. The largest absolute Gasteiger partial charge is 0.394 e. The van der Waals surface area contributed by atoms with E-state index in [1.165, 1.54) is 45.2 Å². The average molecular weight is 301 g/mol. The van der Waals surface area contributed by atoms with Crippen LogP contribution >= 0.6 is 0 Å². The molecule has 0 aromatic carbocycles. The first-order valence-corrected chi connectivity index (χ1v) is 9.12. The van der Waals surface area contributed by atoms with Crippen LogP contribution in [0.2, 0.25) is 0 Å². The van der Waals surface area contributed by atoms with Crippen molar-refractivity contribution in [1.82, 2.24) is 10.2 Å². The Bertz CT molecular complexity index is 235. The highest BCUT2D eigenvalue weighted by molar-refractivity contribution is 4.82. The third-order valence-electron chi connectivity index (χ3n) is 4.59. The first-order chi connectivity index (χ1) is 10.0. The summed E-state index contributed by atoms with van der Waals surface area (Å²) in [6, 6.07) is 0.694. The summed E-state index contributed by atoms with van der Waals surface area (Å²) in [5.41, 5.74) is -0.0966. The van der Waals surface area contributed by atoms with Gasteiger partial charge in [-0.3, -0.25) is 0 Å². The van der Waals surface area contributed by atoms with Gasteiger partial charge in [0.2, 0.25) is 0 Å². The van der Waals surface area contributed by atoms with E-state index in [9.17, 15) is 5.11 Å². The fourth-order valence-electron chi connectivity index (χ4n) is 2.65. The number of nitrogens with one attached hydrogen (secondary N) is 1. The second-order valence-electron chi connectivity index (χ2n) is 6.75. The second-order valence-corrected chi connectivity index (χ2v) is 6.75. The van der Waals surface area contributed by atoms with Crippen molar-refractivity contribution >= 4 is 0 Å². The van der Waals surface area contributed by atoms with Crippen molar-refractivity contribution in [2.75, 3.05) is 26.2 Å². The molecule has 0 saturated heterocycles. The van der Waals surface area contributed by atoms with E-state index in [4.69, 9.17) is 0 Å². The Kier molecular flexibility index (Phi) is 12.4. The van der Waals surface area contributed by atoms with E-state index in [0.29, 0.717) is 6.04 Å². The number of hydrogen-bond donors (Lipinski definition) is 2. The Morgan fingerprint density at radius 1 is 1.05 bits per heavy atom. The van der Waals surface area contributed by atoms with Gasteiger partial charge < -0.3 is 15.3 Å². The van der Waals surface area contributed by atoms with Crippen LogP contribution in [0.5, 0.6) is 0 Å². The minimum Gasteiger partial charge on any atom is -0.394 e. The van der Waals surface area contributed by atoms with E-state index >= 15 is 0 Å². The van der Waals surface area contributed by atoms with Crippen molar-refractivity contribution in [3.63, 3.8) is 0 Å². The molecule has 21 heavy (non-hydrogen) atoms. The minimum atomic E-state index is -0.0966. The standard InChI is InChI=1S/C18H40N2O/c1-6-9-14-20(17(4)8-3)15-11-10-12-18(5,16-21)19-13-7-2/h17,19,21H,6-16H2,1-5H3. The van der Waals surface area contributed by atoms with Crippen LogP contribution in [-0.2, 0) is 0 Å². The Morgan fingerprint density at radius 2 is 1.71 bits per heavy atom. The maximum absolute atomic E-state index is 9.59. The van der Waals surface area contributed by atoms with Gasteiger partial charge >= 0.3 is 0 Å². The first-order valence-electron chi connectivity index (χ1n) is 9.12. The molecule has 0 rings (SSSR count). The van der Waals surface area contributed by atoms with Crippen molar-refractivity contribution in [3.8, 4) is 0 Å². The lowest BCUT2D eigenvalue weighted by molar-refractivity contribution is 0.156. The summed E-state index contributed by atoms with van der Waals surface area (Å²) in [4.78, 5) is 2.64. The molecular formula is C18H40N2O. The summed E-state index contributed by atoms with van der Waals surface area (Å²) in [7, 11) is 0. The Hall–Kier alpha value is -0.120.